The number of carbonyl (C=O) groups excluding carboxylic acids is 1. The Morgan fingerprint density at radius 3 is 2.26 bits per heavy atom. The Labute approximate surface area is 230 Å². The van der Waals surface area contributed by atoms with Crippen LogP contribution < -0.4 is 5.43 Å². The van der Waals surface area contributed by atoms with Crippen molar-refractivity contribution < 1.29 is 13.2 Å². The van der Waals surface area contributed by atoms with E-state index in [1.54, 1.807) is 24.4 Å². The molecule has 4 aromatic rings. The molecule has 1 heterocycles. The van der Waals surface area contributed by atoms with E-state index < -0.39 is 15.9 Å². The fraction of sp³-hybridized carbons (Fsp3) is 0.226. The van der Waals surface area contributed by atoms with Crippen molar-refractivity contribution >= 4 is 22.1 Å². The number of aryl methyl sites for hydroxylation is 3. The normalized spacial score (nSPS) is 11.8. The predicted molar refractivity (Wildman–Crippen MR) is 156 cm³/mol. The molecule has 0 aliphatic carbocycles. The molecule has 1 aromatic heterocycles. The zero-order valence-electron chi connectivity index (χ0n) is 22.8. The number of nitrogens with zero attached hydrogens (tertiary/aromatic N) is 3. The monoisotopic (exact) mass is 542 g/mol. The van der Waals surface area contributed by atoms with Gasteiger partial charge in [0.25, 0.3) is 5.91 Å². The van der Waals surface area contributed by atoms with Crippen molar-refractivity contribution in [1.82, 2.24) is 14.3 Å². The number of hydrazone groups is 1. The van der Waals surface area contributed by atoms with Gasteiger partial charge in [0.1, 0.15) is 0 Å². The number of sulfonamides is 1. The van der Waals surface area contributed by atoms with Crippen molar-refractivity contribution in [3.63, 3.8) is 0 Å². The summed E-state index contributed by atoms with van der Waals surface area (Å²) < 4.78 is 30.1. The van der Waals surface area contributed by atoms with Crippen molar-refractivity contribution in [2.24, 2.45) is 5.10 Å². The van der Waals surface area contributed by atoms with Gasteiger partial charge in [-0.3, -0.25) is 4.79 Å². The molecular formula is C31H34N4O3S. The highest BCUT2D eigenvalue weighted by atomic mass is 32.2. The van der Waals surface area contributed by atoms with Gasteiger partial charge < -0.3 is 4.57 Å². The van der Waals surface area contributed by atoms with Crippen molar-refractivity contribution in [2.75, 3.05) is 13.1 Å². The zero-order valence-corrected chi connectivity index (χ0v) is 23.6. The summed E-state index contributed by atoms with van der Waals surface area (Å²) in [5.74, 6) is -0.512. The molecule has 4 rings (SSSR count). The molecule has 8 heteroatoms. The maximum Gasteiger partial charge on any atom is 0.255 e. The van der Waals surface area contributed by atoms with E-state index in [1.807, 2.05) is 50.2 Å². The minimum absolute atomic E-state index is 0.146. The molecule has 0 spiro atoms. The van der Waals surface area contributed by atoms with Gasteiger partial charge >= 0.3 is 0 Å². The highest BCUT2D eigenvalue weighted by molar-refractivity contribution is 7.89. The van der Waals surface area contributed by atoms with Gasteiger partial charge in [-0.05, 0) is 69.5 Å². The van der Waals surface area contributed by atoms with E-state index in [9.17, 15) is 13.2 Å². The number of nitrogens with one attached hydrogen (secondary N) is 1. The number of rotatable bonds is 10. The summed E-state index contributed by atoms with van der Waals surface area (Å²) in [6.07, 6.45) is 2.08. The molecule has 202 valence electrons. The maximum absolute atomic E-state index is 13.4. The first-order valence-corrected chi connectivity index (χ1v) is 14.3. The molecule has 0 aliphatic heterocycles. The van der Waals surface area contributed by atoms with E-state index in [0.29, 0.717) is 6.42 Å². The van der Waals surface area contributed by atoms with Crippen LogP contribution in [0.5, 0.6) is 0 Å². The summed E-state index contributed by atoms with van der Waals surface area (Å²) >= 11 is 0. The second-order valence-electron chi connectivity index (χ2n) is 9.63. The van der Waals surface area contributed by atoms with Crippen molar-refractivity contribution in [3.8, 4) is 5.69 Å². The fourth-order valence-electron chi connectivity index (χ4n) is 4.64. The van der Waals surface area contributed by atoms with Crippen LogP contribution in [0.15, 0.2) is 94.9 Å². The minimum Gasteiger partial charge on any atom is -0.318 e. The molecule has 0 saturated heterocycles. The molecule has 0 saturated carbocycles. The lowest BCUT2D eigenvalue weighted by molar-refractivity contribution is -0.121. The van der Waals surface area contributed by atoms with E-state index in [-0.39, 0.29) is 18.0 Å². The smallest absolute Gasteiger partial charge is 0.255 e. The van der Waals surface area contributed by atoms with Crippen molar-refractivity contribution in [3.05, 3.63) is 119 Å². The topological polar surface area (TPSA) is 83.8 Å². The van der Waals surface area contributed by atoms with E-state index >= 15 is 0 Å². The summed E-state index contributed by atoms with van der Waals surface area (Å²) in [4.78, 5) is 13.0. The third-order valence-electron chi connectivity index (χ3n) is 6.65. The van der Waals surface area contributed by atoms with Crippen LogP contribution in [0, 0.1) is 27.7 Å². The van der Waals surface area contributed by atoms with Crippen LogP contribution in [0.3, 0.4) is 0 Å². The van der Waals surface area contributed by atoms with Crippen LogP contribution >= 0.6 is 0 Å². The molecule has 0 aliphatic rings. The van der Waals surface area contributed by atoms with Crippen LogP contribution in [0.1, 0.15) is 33.6 Å². The molecule has 0 unspecified atom stereocenters. The standard InChI is InChI=1S/C31H34N4O3S/c1-23-15-16-30(24(2)19-23)35-25(3)20-28(26(35)4)21-32-33-31(36)22-34(18-17-27-11-7-5-8-12-27)39(37,38)29-13-9-6-10-14-29/h5-16,19-21H,17-18,22H2,1-4H3,(H,33,36)/b32-21-. The molecule has 1 N–H and O–H groups in total. The van der Waals surface area contributed by atoms with Gasteiger partial charge in [-0.1, -0.05) is 66.2 Å². The Bertz CT molecular complexity index is 1580. The lowest BCUT2D eigenvalue weighted by Gasteiger charge is -2.21. The molecule has 0 atom stereocenters. The average molecular weight is 543 g/mol. The molecule has 0 bridgehead atoms. The lowest BCUT2D eigenvalue weighted by atomic mass is 10.1. The molecule has 1 amide bonds. The van der Waals surface area contributed by atoms with Crippen LogP contribution in [-0.2, 0) is 21.2 Å². The average Bonchev–Trinajstić information content (AvgIpc) is 3.20. The van der Waals surface area contributed by atoms with Crippen molar-refractivity contribution in [1.29, 1.82) is 0 Å². The predicted octanol–water partition coefficient (Wildman–Crippen LogP) is 5.09. The second-order valence-corrected chi connectivity index (χ2v) is 11.6. The minimum atomic E-state index is -3.87. The summed E-state index contributed by atoms with van der Waals surface area (Å²) in [5, 5.41) is 4.15. The molecule has 39 heavy (non-hydrogen) atoms. The van der Waals surface area contributed by atoms with Gasteiger partial charge in [-0.25, -0.2) is 13.8 Å². The summed E-state index contributed by atoms with van der Waals surface area (Å²) in [7, 11) is -3.87. The fourth-order valence-corrected chi connectivity index (χ4v) is 6.06. The number of aromatic nitrogens is 1. The van der Waals surface area contributed by atoms with E-state index in [2.05, 4.69) is 47.1 Å². The number of hydrogen-bond acceptors (Lipinski definition) is 4. The second kappa shape index (κ2) is 12.2. The number of carbonyl (C=O) groups is 1. The largest absolute Gasteiger partial charge is 0.318 e. The highest BCUT2D eigenvalue weighted by Gasteiger charge is 2.26. The van der Waals surface area contributed by atoms with Gasteiger partial charge in [0, 0.05) is 29.2 Å². The Hall–Kier alpha value is -4.01. The van der Waals surface area contributed by atoms with Crippen LogP contribution in [-0.4, -0.2) is 42.5 Å². The quantitative estimate of drug-likeness (QED) is 0.224. The molecular weight excluding hydrogens is 508 g/mol. The molecule has 7 nitrogen and oxygen atoms in total. The summed E-state index contributed by atoms with van der Waals surface area (Å²) in [6.45, 7) is 8.01. The van der Waals surface area contributed by atoms with E-state index in [4.69, 9.17) is 0 Å². The third-order valence-corrected chi connectivity index (χ3v) is 8.51. The SMILES string of the molecule is Cc1ccc(-n2c(C)cc(/C=N\NC(=O)CN(CCc3ccccc3)S(=O)(=O)c3ccccc3)c2C)c(C)c1. The first-order chi connectivity index (χ1) is 18.7. The van der Waals surface area contributed by atoms with Gasteiger partial charge in [0.2, 0.25) is 10.0 Å². The Balaban J connectivity index is 1.49. The van der Waals surface area contributed by atoms with Crippen molar-refractivity contribution in [2.45, 2.75) is 39.0 Å². The summed E-state index contributed by atoms with van der Waals surface area (Å²) in [6, 6.07) is 26.1. The Morgan fingerprint density at radius 2 is 1.59 bits per heavy atom. The summed E-state index contributed by atoms with van der Waals surface area (Å²) in [5.41, 5.74) is 9.88. The highest BCUT2D eigenvalue weighted by Crippen LogP contribution is 2.23. The van der Waals surface area contributed by atoms with E-state index in [1.165, 1.54) is 27.6 Å². The Morgan fingerprint density at radius 1 is 0.923 bits per heavy atom. The van der Waals surface area contributed by atoms with Gasteiger partial charge in [0.15, 0.2) is 0 Å². The zero-order chi connectivity index (χ0) is 28.0. The molecule has 3 aromatic carbocycles. The van der Waals surface area contributed by atoms with Crippen LogP contribution in [0.2, 0.25) is 0 Å². The van der Waals surface area contributed by atoms with Gasteiger partial charge in [0.05, 0.1) is 17.7 Å². The molecule has 0 fully saturated rings. The molecule has 0 radical (unpaired) electrons. The number of benzene rings is 3. The van der Waals surface area contributed by atoms with Gasteiger partial charge in [-0.15, -0.1) is 0 Å². The number of amides is 1. The Kier molecular flexibility index (Phi) is 8.79. The van der Waals surface area contributed by atoms with E-state index in [0.717, 1.165) is 28.2 Å². The third kappa shape index (κ3) is 6.71. The first kappa shape index (κ1) is 28.0. The van der Waals surface area contributed by atoms with Gasteiger partial charge in [-0.2, -0.15) is 9.41 Å². The van der Waals surface area contributed by atoms with Crippen LogP contribution in [0.4, 0.5) is 0 Å². The maximum atomic E-state index is 13.4. The first-order valence-electron chi connectivity index (χ1n) is 12.8. The lowest BCUT2D eigenvalue weighted by Crippen LogP contribution is -2.40. The van der Waals surface area contributed by atoms with Crippen LogP contribution in [0.25, 0.3) is 5.69 Å². The number of hydrogen-bond donors (Lipinski definition) is 1.